The van der Waals surface area contributed by atoms with Crippen LogP contribution in [-0.4, -0.2) is 21.6 Å². The van der Waals surface area contributed by atoms with Crippen molar-refractivity contribution in [3.63, 3.8) is 0 Å². The number of guanidine groups is 1. The molecule has 1 aliphatic rings. The average Bonchev–Trinajstić information content (AvgIpc) is 2.87. The van der Waals surface area contributed by atoms with Crippen molar-refractivity contribution in [2.24, 2.45) is 10.7 Å². The molecule has 128 valence electrons. The van der Waals surface area contributed by atoms with E-state index in [2.05, 4.69) is 44.1 Å². The van der Waals surface area contributed by atoms with E-state index in [0.29, 0.717) is 18.5 Å². The summed E-state index contributed by atoms with van der Waals surface area (Å²) in [6.07, 6.45) is 11.4. The lowest BCUT2D eigenvalue weighted by atomic mass is 10.1. The molecule has 0 saturated heterocycles. The van der Waals surface area contributed by atoms with Gasteiger partial charge in [0.1, 0.15) is 12.4 Å². The molecule has 24 heavy (non-hydrogen) atoms. The number of imidazole rings is 1. The molecule has 5 heteroatoms. The van der Waals surface area contributed by atoms with Crippen LogP contribution in [0.1, 0.15) is 49.9 Å². The Balaban J connectivity index is 1.56. The largest absolute Gasteiger partial charge is 0.370 e. The van der Waals surface area contributed by atoms with Crippen LogP contribution in [0.4, 0.5) is 0 Å². The summed E-state index contributed by atoms with van der Waals surface area (Å²) in [5.74, 6) is 1.47. The van der Waals surface area contributed by atoms with Crippen molar-refractivity contribution in [2.75, 3.05) is 0 Å². The summed E-state index contributed by atoms with van der Waals surface area (Å²) < 4.78 is 2.12. The van der Waals surface area contributed by atoms with Crippen LogP contribution in [0.2, 0.25) is 0 Å². The summed E-state index contributed by atoms with van der Waals surface area (Å²) in [4.78, 5) is 8.91. The number of nitrogens with zero attached hydrogens (tertiary/aromatic N) is 3. The van der Waals surface area contributed by atoms with Crippen LogP contribution in [-0.2, 0) is 13.1 Å². The second kappa shape index (κ2) is 8.52. The molecule has 3 N–H and O–H groups in total. The van der Waals surface area contributed by atoms with E-state index in [1.165, 1.54) is 44.1 Å². The number of aliphatic imine (C=N–C) groups is 1. The van der Waals surface area contributed by atoms with E-state index >= 15 is 0 Å². The Morgan fingerprint density at radius 3 is 2.67 bits per heavy atom. The monoisotopic (exact) mass is 325 g/mol. The molecule has 1 saturated carbocycles. The number of rotatable bonds is 5. The minimum Gasteiger partial charge on any atom is -0.370 e. The first-order chi connectivity index (χ1) is 11.8. The van der Waals surface area contributed by atoms with Crippen molar-refractivity contribution >= 4 is 5.96 Å². The van der Waals surface area contributed by atoms with Crippen LogP contribution in [0.5, 0.6) is 0 Å². The van der Waals surface area contributed by atoms with Crippen molar-refractivity contribution in [2.45, 2.75) is 57.7 Å². The van der Waals surface area contributed by atoms with Gasteiger partial charge in [0.2, 0.25) is 0 Å². The Labute approximate surface area is 144 Å². The molecule has 5 nitrogen and oxygen atoms in total. The highest BCUT2D eigenvalue weighted by Crippen LogP contribution is 2.17. The summed E-state index contributed by atoms with van der Waals surface area (Å²) in [6.45, 7) is 1.31. The summed E-state index contributed by atoms with van der Waals surface area (Å²) in [6, 6.07) is 10.9. The van der Waals surface area contributed by atoms with Crippen molar-refractivity contribution in [3.8, 4) is 0 Å². The summed E-state index contributed by atoms with van der Waals surface area (Å²) in [5, 5.41) is 3.38. The normalized spacial score (nSPS) is 16.8. The minimum atomic E-state index is 0.473. The Morgan fingerprint density at radius 2 is 1.92 bits per heavy atom. The van der Waals surface area contributed by atoms with Crippen LogP contribution < -0.4 is 11.1 Å². The predicted molar refractivity (Wildman–Crippen MR) is 97.7 cm³/mol. The number of aromatic nitrogens is 2. The van der Waals surface area contributed by atoms with Gasteiger partial charge < -0.3 is 15.6 Å². The van der Waals surface area contributed by atoms with Gasteiger partial charge in [-0.15, -0.1) is 0 Å². The van der Waals surface area contributed by atoms with Crippen molar-refractivity contribution in [1.29, 1.82) is 0 Å². The highest BCUT2D eigenvalue weighted by molar-refractivity contribution is 5.78. The van der Waals surface area contributed by atoms with Crippen LogP contribution >= 0.6 is 0 Å². The SMILES string of the molecule is NC(=NCc1nccn1Cc1ccccc1)NC1CCCCCC1. The highest BCUT2D eigenvalue weighted by Gasteiger charge is 2.12. The molecule has 0 amide bonds. The number of nitrogens with two attached hydrogens (primary N) is 1. The Bertz CT molecular complexity index is 639. The molecule has 0 atom stereocenters. The van der Waals surface area contributed by atoms with Crippen molar-refractivity contribution in [3.05, 3.63) is 54.1 Å². The first-order valence-electron chi connectivity index (χ1n) is 8.91. The lowest BCUT2D eigenvalue weighted by Crippen LogP contribution is -2.39. The Hall–Kier alpha value is -2.30. The quantitative estimate of drug-likeness (QED) is 0.504. The number of benzene rings is 1. The van der Waals surface area contributed by atoms with Gasteiger partial charge in [0.05, 0.1) is 0 Å². The fraction of sp³-hybridized carbons (Fsp3) is 0.474. The zero-order valence-corrected chi connectivity index (χ0v) is 14.2. The maximum absolute atomic E-state index is 6.08. The molecule has 0 unspecified atom stereocenters. The van der Waals surface area contributed by atoms with E-state index in [4.69, 9.17) is 5.73 Å². The molecule has 1 heterocycles. The number of hydrogen-bond donors (Lipinski definition) is 2. The maximum Gasteiger partial charge on any atom is 0.189 e. The Morgan fingerprint density at radius 1 is 1.17 bits per heavy atom. The van der Waals surface area contributed by atoms with E-state index in [1.807, 2.05) is 18.5 Å². The van der Waals surface area contributed by atoms with Crippen molar-refractivity contribution in [1.82, 2.24) is 14.9 Å². The zero-order valence-electron chi connectivity index (χ0n) is 14.2. The maximum atomic E-state index is 6.08. The average molecular weight is 325 g/mol. The molecule has 0 aliphatic heterocycles. The van der Waals surface area contributed by atoms with Crippen LogP contribution in [0.25, 0.3) is 0 Å². The molecule has 0 bridgehead atoms. The predicted octanol–water partition coefficient (Wildman–Crippen LogP) is 3.06. The molecule has 0 radical (unpaired) electrons. The lowest BCUT2D eigenvalue weighted by Gasteiger charge is -2.16. The van der Waals surface area contributed by atoms with Crippen LogP contribution in [0.3, 0.4) is 0 Å². The molecule has 1 aliphatic carbocycles. The lowest BCUT2D eigenvalue weighted by molar-refractivity contribution is 0.529. The molecule has 1 aromatic carbocycles. The highest BCUT2D eigenvalue weighted by atomic mass is 15.1. The summed E-state index contributed by atoms with van der Waals surface area (Å²) in [7, 11) is 0. The topological polar surface area (TPSA) is 68.2 Å². The number of hydrogen-bond acceptors (Lipinski definition) is 2. The van der Waals surface area contributed by atoms with Gasteiger partial charge in [0.25, 0.3) is 0 Å². The van der Waals surface area contributed by atoms with Gasteiger partial charge in [-0.05, 0) is 18.4 Å². The third kappa shape index (κ3) is 4.85. The summed E-state index contributed by atoms with van der Waals surface area (Å²) in [5.41, 5.74) is 7.33. The third-order valence-electron chi connectivity index (χ3n) is 4.60. The van der Waals surface area contributed by atoms with E-state index in [1.54, 1.807) is 0 Å². The van der Waals surface area contributed by atoms with Gasteiger partial charge in [-0.2, -0.15) is 0 Å². The molecule has 3 rings (SSSR count). The van der Waals surface area contributed by atoms with Gasteiger partial charge in [-0.25, -0.2) is 9.98 Å². The second-order valence-corrected chi connectivity index (χ2v) is 6.49. The first kappa shape index (κ1) is 16.6. The molecular formula is C19H27N5. The zero-order chi connectivity index (χ0) is 16.6. The van der Waals surface area contributed by atoms with Gasteiger partial charge in [-0.3, -0.25) is 0 Å². The first-order valence-corrected chi connectivity index (χ1v) is 8.91. The van der Waals surface area contributed by atoms with Gasteiger partial charge in [-0.1, -0.05) is 56.0 Å². The minimum absolute atomic E-state index is 0.473. The second-order valence-electron chi connectivity index (χ2n) is 6.49. The van der Waals surface area contributed by atoms with Crippen LogP contribution in [0, 0.1) is 0 Å². The molecule has 1 fully saturated rings. The van der Waals surface area contributed by atoms with Crippen molar-refractivity contribution < 1.29 is 0 Å². The van der Waals surface area contributed by atoms with E-state index in [0.717, 1.165) is 12.4 Å². The van der Waals surface area contributed by atoms with Gasteiger partial charge in [0.15, 0.2) is 5.96 Å². The fourth-order valence-electron chi connectivity index (χ4n) is 3.25. The Kier molecular flexibility index (Phi) is 5.88. The molecular weight excluding hydrogens is 298 g/mol. The molecule has 2 aromatic rings. The number of nitrogens with one attached hydrogen (secondary N) is 1. The van der Waals surface area contributed by atoms with Crippen LogP contribution in [0.15, 0.2) is 47.7 Å². The third-order valence-corrected chi connectivity index (χ3v) is 4.60. The standard InChI is InChI=1S/C19H27N5/c20-19(23-17-10-6-1-2-7-11-17)22-14-18-21-12-13-24(18)15-16-8-4-3-5-9-16/h3-5,8-9,12-13,17H,1-2,6-7,10-11,14-15H2,(H3,20,22,23). The van der Waals surface area contributed by atoms with E-state index < -0.39 is 0 Å². The smallest absolute Gasteiger partial charge is 0.189 e. The fourth-order valence-corrected chi connectivity index (χ4v) is 3.25. The molecule has 1 aromatic heterocycles. The van der Waals surface area contributed by atoms with Gasteiger partial charge in [0, 0.05) is 25.0 Å². The van der Waals surface area contributed by atoms with E-state index in [-0.39, 0.29) is 0 Å². The van der Waals surface area contributed by atoms with Gasteiger partial charge >= 0.3 is 0 Å². The van der Waals surface area contributed by atoms with E-state index in [9.17, 15) is 0 Å². The summed E-state index contributed by atoms with van der Waals surface area (Å²) >= 11 is 0. The molecule has 0 spiro atoms.